The Morgan fingerprint density at radius 3 is 2.42 bits per heavy atom. The van der Waals surface area contributed by atoms with E-state index in [-0.39, 0.29) is 0 Å². The van der Waals surface area contributed by atoms with Gasteiger partial charge < -0.3 is 10.1 Å². The summed E-state index contributed by atoms with van der Waals surface area (Å²) in [6, 6.07) is 18.0. The van der Waals surface area contributed by atoms with Gasteiger partial charge in [-0.3, -0.25) is 0 Å². The van der Waals surface area contributed by atoms with E-state index in [0.29, 0.717) is 6.54 Å². The fourth-order valence-electron chi connectivity index (χ4n) is 1.68. The fraction of sp³-hybridized carbons (Fsp3) is 0.176. The van der Waals surface area contributed by atoms with Crippen molar-refractivity contribution in [3.8, 4) is 17.6 Å². The van der Waals surface area contributed by atoms with Gasteiger partial charge in [0, 0.05) is 12.1 Å². The number of benzene rings is 2. The van der Waals surface area contributed by atoms with Crippen LogP contribution in [0.15, 0.2) is 54.6 Å². The number of hydrogen-bond donors (Lipinski definition) is 1. The average Bonchev–Trinajstić information content (AvgIpc) is 2.49. The summed E-state index contributed by atoms with van der Waals surface area (Å²) in [5.41, 5.74) is 2.27. The van der Waals surface area contributed by atoms with Crippen LogP contribution in [0.4, 0.5) is 0 Å². The smallest absolute Gasteiger partial charge is 0.118 e. The zero-order chi connectivity index (χ0) is 13.3. The van der Waals surface area contributed by atoms with E-state index in [9.17, 15) is 0 Å². The summed E-state index contributed by atoms with van der Waals surface area (Å²) in [6.07, 6.45) is 0. The van der Waals surface area contributed by atoms with Crippen molar-refractivity contribution in [3.63, 3.8) is 0 Å². The van der Waals surface area contributed by atoms with Crippen LogP contribution in [0.2, 0.25) is 0 Å². The lowest BCUT2D eigenvalue weighted by Gasteiger charge is -2.03. The average molecular weight is 251 g/mol. The van der Waals surface area contributed by atoms with Gasteiger partial charge in [0.2, 0.25) is 0 Å². The van der Waals surface area contributed by atoms with Crippen molar-refractivity contribution < 1.29 is 4.74 Å². The number of hydrogen-bond acceptors (Lipinski definition) is 2. The predicted molar refractivity (Wildman–Crippen MR) is 78.0 cm³/mol. The van der Waals surface area contributed by atoms with Crippen LogP contribution in [0.25, 0.3) is 0 Å². The van der Waals surface area contributed by atoms with Gasteiger partial charge in [-0.2, -0.15) is 0 Å². The highest BCUT2D eigenvalue weighted by Crippen LogP contribution is 2.10. The molecule has 0 saturated carbocycles. The van der Waals surface area contributed by atoms with Crippen LogP contribution >= 0.6 is 0 Å². The summed E-state index contributed by atoms with van der Waals surface area (Å²) in [6.45, 7) is 1.49. The first-order valence-electron chi connectivity index (χ1n) is 6.26. The standard InChI is InChI=1S/C17H17NO/c1-19-17-11-9-16(10-12-17)14-18-13-5-8-15-6-3-2-4-7-15/h2-4,6-7,9-12,18H,13-14H2,1H3. The maximum absolute atomic E-state index is 5.12. The molecule has 2 aromatic rings. The third kappa shape index (κ3) is 4.50. The lowest BCUT2D eigenvalue weighted by atomic mass is 10.2. The van der Waals surface area contributed by atoms with Crippen molar-refractivity contribution in [2.24, 2.45) is 0 Å². The first-order chi connectivity index (χ1) is 9.38. The maximum atomic E-state index is 5.12. The van der Waals surface area contributed by atoms with Gasteiger partial charge in [-0.05, 0) is 29.8 Å². The van der Waals surface area contributed by atoms with Crippen molar-refractivity contribution in [2.75, 3.05) is 13.7 Å². The van der Waals surface area contributed by atoms with Crippen molar-refractivity contribution in [1.29, 1.82) is 0 Å². The Balaban J connectivity index is 1.76. The molecular formula is C17H17NO. The maximum Gasteiger partial charge on any atom is 0.118 e. The fourth-order valence-corrected chi connectivity index (χ4v) is 1.68. The van der Waals surface area contributed by atoms with E-state index in [1.807, 2.05) is 42.5 Å². The zero-order valence-corrected chi connectivity index (χ0v) is 11.0. The second-order valence-corrected chi connectivity index (χ2v) is 4.12. The molecule has 2 rings (SSSR count). The second-order valence-electron chi connectivity index (χ2n) is 4.12. The Morgan fingerprint density at radius 2 is 1.74 bits per heavy atom. The number of nitrogens with one attached hydrogen (secondary N) is 1. The molecule has 0 amide bonds. The van der Waals surface area contributed by atoms with E-state index >= 15 is 0 Å². The van der Waals surface area contributed by atoms with E-state index in [0.717, 1.165) is 17.9 Å². The lowest BCUT2D eigenvalue weighted by Crippen LogP contribution is -2.13. The molecule has 2 nitrogen and oxygen atoms in total. The Labute approximate surface area is 114 Å². The van der Waals surface area contributed by atoms with E-state index in [2.05, 4.69) is 29.3 Å². The molecule has 0 atom stereocenters. The molecule has 0 unspecified atom stereocenters. The van der Waals surface area contributed by atoms with Crippen LogP contribution in [0.3, 0.4) is 0 Å². The molecule has 0 spiro atoms. The summed E-state index contributed by atoms with van der Waals surface area (Å²) < 4.78 is 5.12. The number of rotatable bonds is 4. The molecule has 0 aliphatic carbocycles. The SMILES string of the molecule is COc1ccc(CNCC#Cc2ccccc2)cc1. The normalized spacial score (nSPS) is 9.53. The molecule has 0 aromatic heterocycles. The highest BCUT2D eigenvalue weighted by atomic mass is 16.5. The summed E-state index contributed by atoms with van der Waals surface area (Å²) in [5, 5.41) is 3.29. The lowest BCUT2D eigenvalue weighted by molar-refractivity contribution is 0.414. The van der Waals surface area contributed by atoms with Gasteiger partial charge in [-0.25, -0.2) is 0 Å². The minimum atomic E-state index is 0.681. The van der Waals surface area contributed by atoms with Gasteiger partial charge in [0.1, 0.15) is 5.75 Å². The predicted octanol–water partition coefficient (Wildman–Crippen LogP) is 2.84. The van der Waals surface area contributed by atoms with Crippen LogP contribution in [0, 0.1) is 11.8 Å². The topological polar surface area (TPSA) is 21.3 Å². The van der Waals surface area contributed by atoms with Crippen LogP contribution < -0.4 is 10.1 Å². The minimum absolute atomic E-state index is 0.681. The highest BCUT2D eigenvalue weighted by molar-refractivity contribution is 5.33. The summed E-state index contributed by atoms with van der Waals surface area (Å²) >= 11 is 0. The van der Waals surface area contributed by atoms with Gasteiger partial charge >= 0.3 is 0 Å². The molecule has 0 aliphatic heterocycles. The molecule has 0 radical (unpaired) electrons. The number of methoxy groups -OCH3 is 1. The van der Waals surface area contributed by atoms with Gasteiger partial charge in [-0.1, -0.05) is 42.2 Å². The first kappa shape index (κ1) is 13.2. The summed E-state index contributed by atoms with van der Waals surface area (Å²) in [4.78, 5) is 0. The summed E-state index contributed by atoms with van der Waals surface area (Å²) in [7, 11) is 1.67. The van der Waals surface area contributed by atoms with E-state index < -0.39 is 0 Å². The second kappa shape index (κ2) is 7.25. The van der Waals surface area contributed by atoms with Crippen molar-refractivity contribution in [1.82, 2.24) is 5.32 Å². The van der Waals surface area contributed by atoms with Crippen LogP contribution in [0.1, 0.15) is 11.1 Å². The molecule has 0 bridgehead atoms. The molecule has 0 heterocycles. The third-order valence-corrected chi connectivity index (χ3v) is 2.71. The first-order valence-corrected chi connectivity index (χ1v) is 6.26. The Hall–Kier alpha value is -2.24. The molecule has 2 aromatic carbocycles. The van der Waals surface area contributed by atoms with Crippen LogP contribution in [0.5, 0.6) is 5.75 Å². The van der Waals surface area contributed by atoms with Gasteiger partial charge in [0.25, 0.3) is 0 Å². The molecule has 0 fully saturated rings. The monoisotopic (exact) mass is 251 g/mol. The molecule has 19 heavy (non-hydrogen) atoms. The zero-order valence-electron chi connectivity index (χ0n) is 11.0. The largest absolute Gasteiger partial charge is 0.497 e. The van der Waals surface area contributed by atoms with E-state index in [4.69, 9.17) is 4.74 Å². The third-order valence-electron chi connectivity index (χ3n) is 2.71. The Morgan fingerprint density at radius 1 is 1.00 bits per heavy atom. The van der Waals surface area contributed by atoms with Gasteiger partial charge in [0.05, 0.1) is 13.7 Å². The van der Waals surface area contributed by atoms with Crippen molar-refractivity contribution >= 4 is 0 Å². The Kier molecular flexibility index (Phi) is 5.04. The van der Waals surface area contributed by atoms with Crippen molar-refractivity contribution in [2.45, 2.75) is 6.54 Å². The molecule has 2 heteroatoms. The van der Waals surface area contributed by atoms with E-state index in [1.165, 1.54) is 5.56 Å². The minimum Gasteiger partial charge on any atom is -0.497 e. The van der Waals surface area contributed by atoms with Gasteiger partial charge in [0.15, 0.2) is 0 Å². The molecule has 0 aliphatic rings. The molecule has 0 saturated heterocycles. The van der Waals surface area contributed by atoms with E-state index in [1.54, 1.807) is 7.11 Å². The molecule has 1 N–H and O–H groups in total. The van der Waals surface area contributed by atoms with Crippen LogP contribution in [-0.4, -0.2) is 13.7 Å². The van der Waals surface area contributed by atoms with Gasteiger partial charge in [-0.15, -0.1) is 0 Å². The highest BCUT2D eigenvalue weighted by Gasteiger charge is 1.92. The Bertz CT molecular complexity index is 549. The molecule has 96 valence electrons. The van der Waals surface area contributed by atoms with Crippen molar-refractivity contribution in [3.05, 3.63) is 65.7 Å². The van der Waals surface area contributed by atoms with Crippen LogP contribution in [-0.2, 0) is 6.54 Å². The molecular weight excluding hydrogens is 234 g/mol. The summed E-state index contributed by atoms with van der Waals surface area (Å²) in [5.74, 6) is 7.11. The number of ether oxygens (including phenoxy) is 1. The quantitative estimate of drug-likeness (QED) is 0.666.